The molecule has 1 N–H and O–H groups in total. The predicted octanol–water partition coefficient (Wildman–Crippen LogP) is 1.08. The lowest BCUT2D eigenvalue weighted by molar-refractivity contribution is 0.0924. The first-order valence-electron chi connectivity index (χ1n) is 4.71. The Labute approximate surface area is 70.0 Å². The first kappa shape index (κ1) is 9.01. The summed E-state index contributed by atoms with van der Waals surface area (Å²) in [5, 5.41) is 3.51. The van der Waals surface area contributed by atoms with E-state index in [1.807, 2.05) is 0 Å². The van der Waals surface area contributed by atoms with Gasteiger partial charge in [0.2, 0.25) is 0 Å². The fourth-order valence-corrected chi connectivity index (χ4v) is 1.41. The van der Waals surface area contributed by atoms with Crippen LogP contribution in [0.3, 0.4) is 0 Å². The Morgan fingerprint density at radius 3 is 2.55 bits per heavy atom. The zero-order valence-corrected chi connectivity index (χ0v) is 7.93. The smallest absolute Gasteiger partial charge is 0.0322 e. The highest BCUT2D eigenvalue weighted by Crippen LogP contribution is 2.10. The summed E-state index contributed by atoms with van der Waals surface area (Å²) in [6, 6.07) is 1.51. The SMILES string of the molecule is CCCNC1CN(C(C)C)C1. The van der Waals surface area contributed by atoms with Gasteiger partial charge in [-0.3, -0.25) is 4.90 Å². The van der Waals surface area contributed by atoms with E-state index in [4.69, 9.17) is 0 Å². The molecule has 0 unspecified atom stereocenters. The van der Waals surface area contributed by atoms with Crippen LogP contribution in [0.4, 0.5) is 0 Å². The molecule has 0 radical (unpaired) electrons. The van der Waals surface area contributed by atoms with Crippen molar-refractivity contribution in [2.75, 3.05) is 19.6 Å². The van der Waals surface area contributed by atoms with Crippen molar-refractivity contribution in [2.24, 2.45) is 0 Å². The molecule has 66 valence electrons. The zero-order chi connectivity index (χ0) is 8.27. The van der Waals surface area contributed by atoms with Crippen LogP contribution < -0.4 is 5.32 Å². The van der Waals surface area contributed by atoms with Gasteiger partial charge in [0.15, 0.2) is 0 Å². The Morgan fingerprint density at radius 1 is 1.45 bits per heavy atom. The molecule has 1 heterocycles. The molecule has 11 heavy (non-hydrogen) atoms. The Kier molecular flexibility index (Phi) is 3.34. The number of hydrogen-bond donors (Lipinski definition) is 1. The van der Waals surface area contributed by atoms with Gasteiger partial charge in [-0.15, -0.1) is 0 Å². The van der Waals surface area contributed by atoms with E-state index in [9.17, 15) is 0 Å². The second kappa shape index (κ2) is 4.07. The summed E-state index contributed by atoms with van der Waals surface area (Å²) in [5.74, 6) is 0. The molecule has 1 saturated heterocycles. The minimum atomic E-state index is 0.731. The van der Waals surface area contributed by atoms with E-state index in [1.54, 1.807) is 0 Å². The maximum atomic E-state index is 3.51. The standard InChI is InChI=1S/C9H20N2/c1-4-5-10-9-6-11(7-9)8(2)3/h8-10H,4-7H2,1-3H3. The lowest BCUT2D eigenvalue weighted by Gasteiger charge is -2.42. The third-order valence-corrected chi connectivity index (χ3v) is 2.32. The lowest BCUT2D eigenvalue weighted by atomic mass is 10.1. The number of hydrogen-bond acceptors (Lipinski definition) is 2. The van der Waals surface area contributed by atoms with Gasteiger partial charge in [-0.2, -0.15) is 0 Å². The molecule has 0 aromatic rings. The summed E-state index contributed by atoms with van der Waals surface area (Å²) in [5.41, 5.74) is 0. The topological polar surface area (TPSA) is 15.3 Å². The first-order valence-corrected chi connectivity index (χ1v) is 4.71. The molecule has 0 aromatic heterocycles. The molecular weight excluding hydrogens is 136 g/mol. The van der Waals surface area contributed by atoms with Crippen LogP contribution in [-0.4, -0.2) is 36.6 Å². The van der Waals surface area contributed by atoms with Gasteiger partial charge in [0.1, 0.15) is 0 Å². The van der Waals surface area contributed by atoms with Crippen molar-refractivity contribution < 1.29 is 0 Å². The van der Waals surface area contributed by atoms with Crippen molar-refractivity contribution in [3.63, 3.8) is 0 Å². The summed E-state index contributed by atoms with van der Waals surface area (Å²) >= 11 is 0. The molecule has 2 nitrogen and oxygen atoms in total. The van der Waals surface area contributed by atoms with E-state index in [1.165, 1.54) is 26.1 Å². The van der Waals surface area contributed by atoms with E-state index >= 15 is 0 Å². The maximum Gasteiger partial charge on any atom is 0.0322 e. The van der Waals surface area contributed by atoms with Crippen LogP contribution in [0.1, 0.15) is 27.2 Å². The van der Waals surface area contributed by atoms with Crippen molar-refractivity contribution >= 4 is 0 Å². The lowest BCUT2D eigenvalue weighted by Crippen LogP contribution is -2.60. The van der Waals surface area contributed by atoms with Crippen molar-refractivity contribution in [3.8, 4) is 0 Å². The summed E-state index contributed by atoms with van der Waals surface area (Å²) in [6.45, 7) is 10.4. The molecule has 1 fully saturated rings. The average molecular weight is 156 g/mol. The van der Waals surface area contributed by atoms with Gasteiger partial charge < -0.3 is 5.32 Å². The van der Waals surface area contributed by atoms with E-state index in [2.05, 4.69) is 31.0 Å². The van der Waals surface area contributed by atoms with Crippen molar-refractivity contribution in [1.29, 1.82) is 0 Å². The van der Waals surface area contributed by atoms with Gasteiger partial charge in [0.05, 0.1) is 0 Å². The average Bonchev–Trinajstić information content (AvgIpc) is 1.84. The Morgan fingerprint density at radius 2 is 2.09 bits per heavy atom. The molecule has 1 aliphatic heterocycles. The van der Waals surface area contributed by atoms with Crippen LogP contribution in [0.5, 0.6) is 0 Å². The second-order valence-electron chi connectivity index (χ2n) is 3.70. The normalized spacial score (nSPS) is 20.7. The van der Waals surface area contributed by atoms with Gasteiger partial charge in [0.25, 0.3) is 0 Å². The van der Waals surface area contributed by atoms with Crippen LogP contribution >= 0.6 is 0 Å². The van der Waals surface area contributed by atoms with Crippen LogP contribution in [0.25, 0.3) is 0 Å². The van der Waals surface area contributed by atoms with Crippen LogP contribution in [0.15, 0.2) is 0 Å². The Hall–Kier alpha value is -0.0800. The number of likely N-dealkylation sites (tertiary alicyclic amines) is 1. The third-order valence-electron chi connectivity index (χ3n) is 2.32. The molecule has 1 rings (SSSR count). The summed E-state index contributed by atoms with van der Waals surface area (Å²) in [7, 11) is 0. The second-order valence-corrected chi connectivity index (χ2v) is 3.70. The predicted molar refractivity (Wildman–Crippen MR) is 48.8 cm³/mol. The number of nitrogens with one attached hydrogen (secondary N) is 1. The molecule has 0 saturated carbocycles. The first-order chi connectivity index (χ1) is 5.24. The molecule has 0 aliphatic carbocycles. The van der Waals surface area contributed by atoms with Crippen LogP contribution in [-0.2, 0) is 0 Å². The zero-order valence-electron chi connectivity index (χ0n) is 7.93. The summed E-state index contributed by atoms with van der Waals surface area (Å²) in [4.78, 5) is 2.49. The maximum absolute atomic E-state index is 3.51. The molecule has 2 heteroatoms. The molecular formula is C9H20N2. The van der Waals surface area contributed by atoms with Gasteiger partial charge >= 0.3 is 0 Å². The number of nitrogens with zero attached hydrogens (tertiary/aromatic N) is 1. The van der Waals surface area contributed by atoms with E-state index in [0.717, 1.165) is 12.1 Å². The molecule has 1 aliphatic rings. The fraction of sp³-hybridized carbons (Fsp3) is 1.00. The van der Waals surface area contributed by atoms with Gasteiger partial charge in [-0.1, -0.05) is 6.92 Å². The molecule has 0 spiro atoms. The number of rotatable bonds is 4. The van der Waals surface area contributed by atoms with Gasteiger partial charge in [-0.25, -0.2) is 0 Å². The Bertz CT molecular complexity index is 106. The highest BCUT2D eigenvalue weighted by Gasteiger charge is 2.27. The Balaban J connectivity index is 2.00. The molecule has 0 atom stereocenters. The summed E-state index contributed by atoms with van der Waals surface area (Å²) in [6.07, 6.45) is 1.25. The van der Waals surface area contributed by atoms with Crippen LogP contribution in [0.2, 0.25) is 0 Å². The van der Waals surface area contributed by atoms with E-state index in [0.29, 0.717) is 0 Å². The van der Waals surface area contributed by atoms with E-state index < -0.39 is 0 Å². The molecule has 0 bridgehead atoms. The van der Waals surface area contributed by atoms with Crippen molar-refractivity contribution in [2.45, 2.75) is 39.3 Å². The fourth-order valence-electron chi connectivity index (χ4n) is 1.41. The highest BCUT2D eigenvalue weighted by molar-refractivity contribution is 4.87. The van der Waals surface area contributed by atoms with Crippen LogP contribution in [0, 0.1) is 0 Å². The van der Waals surface area contributed by atoms with Gasteiger partial charge in [-0.05, 0) is 26.8 Å². The van der Waals surface area contributed by atoms with Crippen molar-refractivity contribution in [1.82, 2.24) is 10.2 Å². The summed E-state index contributed by atoms with van der Waals surface area (Å²) < 4.78 is 0. The monoisotopic (exact) mass is 156 g/mol. The molecule has 0 aromatic carbocycles. The highest BCUT2D eigenvalue weighted by atomic mass is 15.3. The van der Waals surface area contributed by atoms with Crippen molar-refractivity contribution in [3.05, 3.63) is 0 Å². The molecule has 0 amide bonds. The minimum Gasteiger partial charge on any atom is -0.311 e. The minimum absolute atomic E-state index is 0.731. The van der Waals surface area contributed by atoms with E-state index in [-0.39, 0.29) is 0 Å². The third kappa shape index (κ3) is 2.46. The largest absolute Gasteiger partial charge is 0.311 e. The van der Waals surface area contributed by atoms with Gasteiger partial charge in [0, 0.05) is 25.2 Å². The quantitative estimate of drug-likeness (QED) is 0.655.